The van der Waals surface area contributed by atoms with Crippen molar-refractivity contribution in [2.45, 2.75) is 43.8 Å². The number of aliphatic hydroxyl groups is 2. The van der Waals surface area contributed by atoms with Crippen LogP contribution < -0.4 is 0 Å². The molecular formula is C17H20O2S. The molecule has 1 aromatic carbocycles. The Balaban J connectivity index is 1.94. The Morgan fingerprint density at radius 3 is 2.40 bits per heavy atom. The normalized spacial score (nSPS) is 19.7. The van der Waals surface area contributed by atoms with Gasteiger partial charge in [0, 0.05) is 11.1 Å². The van der Waals surface area contributed by atoms with Gasteiger partial charge >= 0.3 is 0 Å². The number of aliphatic hydroxyl groups excluding tert-OH is 1. The van der Waals surface area contributed by atoms with Crippen molar-refractivity contribution in [3.8, 4) is 0 Å². The summed E-state index contributed by atoms with van der Waals surface area (Å²) in [6.07, 6.45) is 4.28. The van der Waals surface area contributed by atoms with Crippen LogP contribution in [0.25, 0.3) is 0 Å². The molecule has 1 aliphatic carbocycles. The molecule has 1 aromatic heterocycles. The molecule has 0 bridgehead atoms. The number of thiophene rings is 1. The van der Waals surface area contributed by atoms with E-state index in [9.17, 15) is 10.2 Å². The van der Waals surface area contributed by atoms with E-state index in [1.54, 1.807) is 11.3 Å². The summed E-state index contributed by atoms with van der Waals surface area (Å²) in [6.45, 7) is 0. The van der Waals surface area contributed by atoms with Crippen LogP contribution in [0.1, 0.15) is 54.9 Å². The molecule has 0 aliphatic heterocycles. The molecule has 20 heavy (non-hydrogen) atoms. The van der Waals surface area contributed by atoms with Gasteiger partial charge in [-0.2, -0.15) is 11.3 Å². The lowest BCUT2D eigenvalue weighted by atomic mass is 9.78. The second-order valence-corrected chi connectivity index (χ2v) is 6.39. The zero-order valence-electron chi connectivity index (χ0n) is 11.5. The summed E-state index contributed by atoms with van der Waals surface area (Å²) in [7, 11) is 0. The minimum absolute atomic E-state index is 0.650. The molecule has 106 valence electrons. The maximum atomic E-state index is 10.9. The molecule has 0 radical (unpaired) electrons. The van der Waals surface area contributed by atoms with E-state index < -0.39 is 11.7 Å². The molecule has 1 heterocycles. The molecule has 0 amide bonds. The van der Waals surface area contributed by atoms with Crippen LogP contribution in [0.15, 0.2) is 41.1 Å². The number of hydrogen-bond donors (Lipinski definition) is 2. The Bertz CT molecular complexity index is 555. The molecule has 3 rings (SSSR count). The maximum Gasteiger partial charge on any atom is 0.105 e. The van der Waals surface area contributed by atoms with Crippen molar-refractivity contribution < 1.29 is 10.2 Å². The molecule has 1 aliphatic rings. The number of hydrogen-bond acceptors (Lipinski definition) is 3. The lowest BCUT2D eigenvalue weighted by Crippen LogP contribution is -2.29. The van der Waals surface area contributed by atoms with Gasteiger partial charge in [0.2, 0.25) is 0 Å². The summed E-state index contributed by atoms with van der Waals surface area (Å²) in [6, 6.07) is 9.66. The van der Waals surface area contributed by atoms with Crippen LogP contribution in [-0.4, -0.2) is 10.2 Å². The van der Waals surface area contributed by atoms with E-state index in [4.69, 9.17) is 0 Å². The Kier molecular flexibility index (Phi) is 3.92. The lowest BCUT2D eigenvalue weighted by Gasteiger charge is -2.33. The van der Waals surface area contributed by atoms with Gasteiger partial charge in [-0.25, -0.2) is 0 Å². The molecule has 1 unspecified atom stereocenters. The van der Waals surface area contributed by atoms with Crippen LogP contribution in [0.2, 0.25) is 0 Å². The Hall–Kier alpha value is -1.16. The molecule has 2 N–H and O–H groups in total. The third-order valence-electron chi connectivity index (χ3n) is 4.28. The quantitative estimate of drug-likeness (QED) is 0.897. The van der Waals surface area contributed by atoms with Crippen LogP contribution in [0, 0.1) is 0 Å². The summed E-state index contributed by atoms with van der Waals surface area (Å²) in [5.41, 5.74) is 1.93. The van der Waals surface area contributed by atoms with Gasteiger partial charge in [-0.3, -0.25) is 0 Å². The summed E-state index contributed by atoms with van der Waals surface area (Å²) in [4.78, 5) is 0. The number of rotatable bonds is 3. The van der Waals surface area contributed by atoms with Gasteiger partial charge in [-0.1, -0.05) is 49.6 Å². The van der Waals surface area contributed by atoms with Crippen molar-refractivity contribution in [3.63, 3.8) is 0 Å². The van der Waals surface area contributed by atoms with E-state index in [0.29, 0.717) is 0 Å². The predicted octanol–water partition coefficient (Wildman–Crippen LogP) is 3.98. The second-order valence-electron chi connectivity index (χ2n) is 5.65. The standard InChI is InChI=1S/C17H20O2S/c18-16(13-7-3-1-4-8-13)14-11-20-12-15(14)17(19)9-5-2-6-10-17/h1,3-4,7-8,11-12,16,18-19H,2,5-6,9-10H2. The van der Waals surface area contributed by atoms with Crippen LogP contribution in [0.5, 0.6) is 0 Å². The Morgan fingerprint density at radius 2 is 1.70 bits per heavy atom. The Morgan fingerprint density at radius 1 is 1.00 bits per heavy atom. The molecule has 1 fully saturated rings. The highest BCUT2D eigenvalue weighted by Gasteiger charge is 2.35. The van der Waals surface area contributed by atoms with E-state index in [1.165, 1.54) is 6.42 Å². The van der Waals surface area contributed by atoms with Crippen LogP contribution in [-0.2, 0) is 5.60 Å². The minimum Gasteiger partial charge on any atom is -0.385 e. The van der Waals surface area contributed by atoms with Crippen molar-refractivity contribution in [3.05, 3.63) is 57.8 Å². The average molecular weight is 288 g/mol. The van der Waals surface area contributed by atoms with Gasteiger partial charge in [0.25, 0.3) is 0 Å². The van der Waals surface area contributed by atoms with Gasteiger partial charge in [0.05, 0.1) is 5.60 Å². The van der Waals surface area contributed by atoms with E-state index in [-0.39, 0.29) is 0 Å². The van der Waals surface area contributed by atoms with Crippen LogP contribution >= 0.6 is 11.3 Å². The molecule has 0 spiro atoms. The molecule has 1 atom stereocenters. The van der Waals surface area contributed by atoms with E-state index >= 15 is 0 Å². The Labute approximate surface area is 123 Å². The molecule has 1 saturated carbocycles. The largest absolute Gasteiger partial charge is 0.385 e. The fraction of sp³-hybridized carbons (Fsp3) is 0.412. The topological polar surface area (TPSA) is 40.5 Å². The van der Waals surface area contributed by atoms with Gasteiger partial charge in [-0.15, -0.1) is 0 Å². The fourth-order valence-electron chi connectivity index (χ4n) is 3.12. The maximum absolute atomic E-state index is 10.9. The molecule has 3 heteroatoms. The van der Waals surface area contributed by atoms with Crippen LogP contribution in [0.4, 0.5) is 0 Å². The van der Waals surface area contributed by atoms with Gasteiger partial charge in [0.15, 0.2) is 0 Å². The van der Waals surface area contributed by atoms with Gasteiger partial charge in [0.1, 0.15) is 6.10 Å². The first kappa shape index (κ1) is 13.8. The van der Waals surface area contributed by atoms with Crippen molar-refractivity contribution in [2.75, 3.05) is 0 Å². The first-order valence-electron chi connectivity index (χ1n) is 7.23. The molecule has 0 saturated heterocycles. The van der Waals surface area contributed by atoms with Crippen molar-refractivity contribution in [2.24, 2.45) is 0 Å². The van der Waals surface area contributed by atoms with Crippen LogP contribution in [0.3, 0.4) is 0 Å². The van der Waals surface area contributed by atoms with Gasteiger partial charge < -0.3 is 10.2 Å². The molecule has 2 nitrogen and oxygen atoms in total. The monoisotopic (exact) mass is 288 g/mol. The van der Waals surface area contributed by atoms with E-state index in [0.717, 1.165) is 42.4 Å². The average Bonchev–Trinajstić information content (AvgIpc) is 2.98. The zero-order valence-corrected chi connectivity index (χ0v) is 12.3. The summed E-state index contributed by atoms with van der Waals surface area (Å²) in [5.74, 6) is 0. The highest BCUT2D eigenvalue weighted by molar-refractivity contribution is 7.08. The predicted molar refractivity (Wildman–Crippen MR) is 81.8 cm³/mol. The van der Waals surface area contributed by atoms with E-state index in [2.05, 4.69) is 0 Å². The van der Waals surface area contributed by atoms with Gasteiger partial charge in [-0.05, 0) is 29.2 Å². The van der Waals surface area contributed by atoms with Crippen molar-refractivity contribution in [1.29, 1.82) is 0 Å². The SMILES string of the molecule is OC(c1ccccc1)c1cscc1C1(O)CCCCC1. The second kappa shape index (κ2) is 5.68. The van der Waals surface area contributed by atoms with E-state index in [1.807, 2.05) is 41.1 Å². The number of benzene rings is 1. The van der Waals surface area contributed by atoms with Crippen molar-refractivity contribution >= 4 is 11.3 Å². The third kappa shape index (κ3) is 2.53. The highest BCUT2D eigenvalue weighted by Crippen LogP contribution is 2.42. The van der Waals surface area contributed by atoms with Crippen molar-refractivity contribution in [1.82, 2.24) is 0 Å². The fourth-order valence-corrected chi connectivity index (χ4v) is 4.08. The smallest absolute Gasteiger partial charge is 0.105 e. The lowest BCUT2D eigenvalue weighted by molar-refractivity contribution is -0.00248. The zero-order chi connectivity index (χ0) is 14.0. The summed E-state index contributed by atoms with van der Waals surface area (Å²) >= 11 is 1.56. The first-order chi connectivity index (χ1) is 9.71. The minimum atomic E-state index is -0.747. The first-order valence-corrected chi connectivity index (χ1v) is 8.17. The summed E-state index contributed by atoms with van der Waals surface area (Å²) < 4.78 is 0. The third-order valence-corrected chi connectivity index (χ3v) is 5.05. The molecular weight excluding hydrogens is 268 g/mol. The molecule has 2 aromatic rings. The highest BCUT2D eigenvalue weighted by atomic mass is 32.1. The summed E-state index contributed by atoms with van der Waals surface area (Å²) in [5, 5.41) is 25.5.